The van der Waals surface area contributed by atoms with E-state index in [9.17, 15) is 14.7 Å². The highest BCUT2D eigenvalue weighted by Gasteiger charge is 2.15. The van der Waals surface area contributed by atoms with E-state index in [0.717, 1.165) is 5.56 Å². The highest BCUT2D eigenvalue weighted by molar-refractivity contribution is 5.85. The van der Waals surface area contributed by atoms with Gasteiger partial charge in [0.2, 0.25) is 0 Å². The van der Waals surface area contributed by atoms with Crippen molar-refractivity contribution in [3.8, 4) is 5.75 Å². The Labute approximate surface area is 116 Å². The number of aliphatic carboxylic acids is 2. The van der Waals surface area contributed by atoms with Gasteiger partial charge in [0.25, 0.3) is 0 Å². The highest BCUT2D eigenvalue weighted by atomic mass is 35.5. The molecule has 1 rings (SSSR count). The molecular weight excluding hydrogens is 274 g/mol. The summed E-state index contributed by atoms with van der Waals surface area (Å²) in [6.07, 6.45) is 0. The van der Waals surface area contributed by atoms with Crippen LogP contribution in [-0.2, 0) is 16.1 Å². The Hall–Kier alpha value is -1.79. The fourth-order valence-electron chi connectivity index (χ4n) is 1.63. The lowest BCUT2D eigenvalue weighted by atomic mass is 10.1. The van der Waals surface area contributed by atoms with Gasteiger partial charge in [-0.2, -0.15) is 0 Å². The molecule has 0 aromatic heterocycles. The van der Waals surface area contributed by atoms with Crippen LogP contribution >= 0.6 is 12.4 Å². The largest absolute Gasteiger partial charge is 0.508 e. The summed E-state index contributed by atoms with van der Waals surface area (Å²) in [6.45, 7) is 1.13. The van der Waals surface area contributed by atoms with Crippen molar-refractivity contribution in [2.45, 2.75) is 13.5 Å². The molecule has 0 spiro atoms. The molecule has 0 heterocycles. The van der Waals surface area contributed by atoms with Gasteiger partial charge in [-0.25, -0.2) is 0 Å². The van der Waals surface area contributed by atoms with Crippen molar-refractivity contribution >= 4 is 24.3 Å². The quantitative estimate of drug-likeness (QED) is 0.725. The Morgan fingerprint density at radius 2 is 1.68 bits per heavy atom. The van der Waals surface area contributed by atoms with Crippen LogP contribution in [0.2, 0.25) is 0 Å². The number of carboxylic acids is 2. The summed E-state index contributed by atoms with van der Waals surface area (Å²) in [4.78, 5) is 22.5. The van der Waals surface area contributed by atoms with Gasteiger partial charge in [-0.3, -0.25) is 14.5 Å². The first-order valence-electron chi connectivity index (χ1n) is 5.33. The maximum atomic E-state index is 10.6. The van der Waals surface area contributed by atoms with Crippen molar-refractivity contribution in [2.75, 3.05) is 13.1 Å². The van der Waals surface area contributed by atoms with Gasteiger partial charge >= 0.3 is 11.9 Å². The van der Waals surface area contributed by atoms with Crippen molar-refractivity contribution in [1.29, 1.82) is 0 Å². The lowest BCUT2D eigenvalue weighted by Crippen LogP contribution is -2.34. The van der Waals surface area contributed by atoms with Gasteiger partial charge in [-0.05, 0) is 13.0 Å². The van der Waals surface area contributed by atoms with Crippen molar-refractivity contribution < 1.29 is 24.9 Å². The molecule has 0 bridgehead atoms. The molecule has 0 radical (unpaired) electrons. The minimum Gasteiger partial charge on any atom is -0.508 e. The third kappa shape index (κ3) is 6.08. The molecule has 0 saturated heterocycles. The molecule has 6 nitrogen and oxygen atoms in total. The zero-order chi connectivity index (χ0) is 13.7. The number of halogens is 1. The van der Waals surface area contributed by atoms with E-state index in [1.54, 1.807) is 12.1 Å². The molecule has 0 amide bonds. The molecule has 1 aromatic rings. The summed E-state index contributed by atoms with van der Waals surface area (Å²) in [6, 6.07) is 4.92. The molecule has 106 valence electrons. The summed E-state index contributed by atoms with van der Waals surface area (Å²) < 4.78 is 0. The minimum atomic E-state index is -1.11. The van der Waals surface area contributed by atoms with Crippen LogP contribution in [0, 0.1) is 6.92 Å². The van der Waals surface area contributed by atoms with E-state index >= 15 is 0 Å². The number of carbonyl (C=O) groups is 2. The van der Waals surface area contributed by atoms with E-state index in [4.69, 9.17) is 10.2 Å². The van der Waals surface area contributed by atoms with Gasteiger partial charge in [-0.1, -0.05) is 17.7 Å². The first-order chi connectivity index (χ1) is 8.38. The molecule has 0 saturated carbocycles. The average Bonchev–Trinajstić information content (AvgIpc) is 2.21. The molecule has 0 atom stereocenters. The second-order valence-corrected chi connectivity index (χ2v) is 4.06. The maximum Gasteiger partial charge on any atom is 0.317 e. The SMILES string of the molecule is Cc1ccc(O)c(CN(CC(=O)O)CC(=O)O)c1.Cl. The van der Waals surface area contributed by atoms with E-state index in [0.29, 0.717) is 5.56 Å². The van der Waals surface area contributed by atoms with E-state index in [1.807, 2.05) is 6.92 Å². The number of nitrogens with zero attached hydrogens (tertiary/aromatic N) is 1. The van der Waals surface area contributed by atoms with Crippen molar-refractivity contribution in [2.24, 2.45) is 0 Å². The van der Waals surface area contributed by atoms with E-state index in [2.05, 4.69) is 0 Å². The fraction of sp³-hybridized carbons (Fsp3) is 0.333. The minimum absolute atomic E-state index is 0. The molecule has 3 N–H and O–H groups in total. The highest BCUT2D eigenvalue weighted by Crippen LogP contribution is 2.19. The molecule has 0 unspecified atom stereocenters. The van der Waals surface area contributed by atoms with Crippen molar-refractivity contribution in [3.63, 3.8) is 0 Å². The third-order valence-corrected chi connectivity index (χ3v) is 2.35. The normalized spacial score (nSPS) is 10.0. The van der Waals surface area contributed by atoms with Crippen molar-refractivity contribution in [1.82, 2.24) is 4.90 Å². The zero-order valence-corrected chi connectivity index (χ0v) is 11.2. The lowest BCUT2D eigenvalue weighted by Gasteiger charge is -2.18. The standard InChI is InChI=1S/C12H15NO5.ClH/c1-8-2-3-10(14)9(4-8)5-13(6-11(15)16)7-12(17)18;/h2-4,14H,5-7H2,1H3,(H,15,16)(H,17,18);1H. The zero-order valence-electron chi connectivity index (χ0n) is 10.4. The number of phenols is 1. The first kappa shape index (κ1) is 17.2. The predicted octanol–water partition coefficient (Wildman–Crippen LogP) is 1.09. The molecule has 7 heteroatoms. The Morgan fingerprint density at radius 3 is 2.16 bits per heavy atom. The second-order valence-electron chi connectivity index (χ2n) is 4.06. The number of hydrogen-bond donors (Lipinski definition) is 3. The van der Waals surface area contributed by atoms with Crippen LogP contribution in [0.15, 0.2) is 18.2 Å². The van der Waals surface area contributed by atoms with Crippen molar-refractivity contribution in [3.05, 3.63) is 29.3 Å². The Kier molecular flexibility index (Phi) is 6.89. The predicted molar refractivity (Wildman–Crippen MR) is 70.6 cm³/mol. The molecule has 19 heavy (non-hydrogen) atoms. The molecule has 0 fully saturated rings. The van der Waals surface area contributed by atoms with Gasteiger partial charge in [-0.15, -0.1) is 12.4 Å². The van der Waals surface area contributed by atoms with E-state index < -0.39 is 11.9 Å². The van der Waals surface area contributed by atoms with Crippen LogP contribution in [0.4, 0.5) is 0 Å². The van der Waals surface area contributed by atoms with Crippen LogP contribution in [0.5, 0.6) is 5.75 Å². The molecule has 0 aliphatic rings. The summed E-state index contributed by atoms with van der Waals surface area (Å²) in [5.74, 6) is -2.19. The molecule has 0 aliphatic carbocycles. The molecular formula is C12H16ClNO5. The number of phenolic OH excluding ortho intramolecular Hbond substituents is 1. The van der Waals surface area contributed by atoms with Gasteiger partial charge in [0.05, 0.1) is 13.1 Å². The molecule has 1 aromatic carbocycles. The summed E-state index contributed by atoms with van der Waals surface area (Å²) in [7, 11) is 0. The summed E-state index contributed by atoms with van der Waals surface area (Å²) in [5.41, 5.74) is 1.42. The lowest BCUT2D eigenvalue weighted by molar-refractivity contribution is -0.142. The fourth-order valence-corrected chi connectivity index (χ4v) is 1.63. The summed E-state index contributed by atoms with van der Waals surface area (Å²) >= 11 is 0. The Morgan fingerprint density at radius 1 is 1.16 bits per heavy atom. The number of rotatable bonds is 6. The van der Waals surface area contributed by atoms with E-state index in [-0.39, 0.29) is 37.8 Å². The van der Waals surface area contributed by atoms with Crippen LogP contribution in [0.1, 0.15) is 11.1 Å². The van der Waals surface area contributed by atoms with Gasteiger partial charge in [0, 0.05) is 12.1 Å². The van der Waals surface area contributed by atoms with Crippen LogP contribution in [-0.4, -0.2) is 45.2 Å². The van der Waals surface area contributed by atoms with Gasteiger partial charge in [0.15, 0.2) is 0 Å². The van der Waals surface area contributed by atoms with Crippen LogP contribution in [0.25, 0.3) is 0 Å². The maximum absolute atomic E-state index is 10.6. The summed E-state index contributed by atoms with van der Waals surface area (Å²) in [5, 5.41) is 27.0. The Balaban J connectivity index is 0.00000324. The molecule has 0 aliphatic heterocycles. The first-order valence-corrected chi connectivity index (χ1v) is 5.33. The average molecular weight is 290 g/mol. The smallest absolute Gasteiger partial charge is 0.317 e. The number of aromatic hydroxyl groups is 1. The topological polar surface area (TPSA) is 98.1 Å². The number of benzene rings is 1. The Bertz CT molecular complexity index is 447. The van der Waals surface area contributed by atoms with Crippen LogP contribution < -0.4 is 0 Å². The van der Waals surface area contributed by atoms with Gasteiger partial charge in [0.1, 0.15) is 5.75 Å². The number of hydrogen-bond acceptors (Lipinski definition) is 4. The van der Waals surface area contributed by atoms with E-state index in [1.165, 1.54) is 11.0 Å². The second kappa shape index (κ2) is 7.60. The van der Waals surface area contributed by atoms with Crippen LogP contribution in [0.3, 0.4) is 0 Å². The number of carboxylic acid groups (broad SMARTS) is 2. The monoisotopic (exact) mass is 289 g/mol. The number of aryl methyl sites for hydroxylation is 1. The third-order valence-electron chi connectivity index (χ3n) is 2.35. The van der Waals surface area contributed by atoms with Gasteiger partial charge < -0.3 is 15.3 Å².